The quantitative estimate of drug-likeness (QED) is 0.780. The molecule has 1 atom stereocenters. The molecule has 1 aliphatic rings. The smallest absolute Gasteiger partial charge is 0.114 e. The number of H-pyrrole nitrogens is 1. The van der Waals surface area contributed by atoms with Gasteiger partial charge in [0.05, 0.1) is 29.2 Å². The van der Waals surface area contributed by atoms with Gasteiger partial charge in [0, 0.05) is 4.88 Å². The second kappa shape index (κ2) is 5.24. The number of aryl methyl sites for hydroxylation is 1. The average Bonchev–Trinajstić information content (AvgIpc) is 3.09. The second-order valence-electron chi connectivity index (χ2n) is 5.53. The highest BCUT2D eigenvalue weighted by Gasteiger charge is 2.23. The lowest BCUT2D eigenvalue weighted by molar-refractivity contribution is 0.489. The number of nitrogens with one attached hydrogen (secondary N) is 2. The summed E-state index contributed by atoms with van der Waals surface area (Å²) in [6, 6.07) is 8.58. The fourth-order valence-electron chi connectivity index (χ4n) is 3.06. The molecule has 0 radical (unpaired) electrons. The van der Waals surface area contributed by atoms with Gasteiger partial charge < -0.3 is 10.3 Å². The fourth-order valence-corrected chi connectivity index (χ4v) is 4.23. The van der Waals surface area contributed by atoms with E-state index in [0.717, 1.165) is 23.3 Å². The van der Waals surface area contributed by atoms with Crippen LogP contribution in [0, 0.1) is 0 Å². The number of aromatic amines is 1. The van der Waals surface area contributed by atoms with Crippen molar-refractivity contribution in [1.82, 2.24) is 20.3 Å². The number of thiazole rings is 1. The lowest BCUT2D eigenvalue weighted by Crippen LogP contribution is -2.21. The van der Waals surface area contributed by atoms with Crippen LogP contribution in [-0.2, 0) is 12.8 Å². The van der Waals surface area contributed by atoms with Crippen LogP contribution >= 0.6 is 11.3 Å². The molecule has 2 N–H and O–H groups in total. The van der Waals surface area contributed by atoms with Gasteiger partial charge in [-0.1, -0.05) is 12.1 Å². The Balaban J connectivity index is 1.64. The predicted molar refractivity (Wildman–Crippen MR) is 85.8 cm³/mol. The van der Waals surface area contributed by atoms with Gasteiger partial charge in [-0.25, -0.2) is 9.97 Å². The van der Waals surface area contributed by atoms with E-state index >= 15 is 0 Å². The van der Waals surface area contributed by atoms with E-state index in [0.29, 0.717) is 6.04 Å². The molecular weight excluding hydrogens is 280 g/mol. The Morgan fingerprint density at radius 2 is 2.24 bits per heavy atom. The molecule has 5 heteroatoms. The van der Waals surface area contributed by atoms with Gasteiger partial charge in [-0.05, 0) is 38.4 Å². The van der Waals surface area contributed by atoms with Crippen molar-refractivity contribution in [2.75, 3.05) is 7.05 Å². The summed E-state index contributed by atoms with van der Waals surface area (Å²) in [6.45, 7) is 0. The number of hydrogen-bond acceptors (Lipinski definition) is 4. The summed E-state index contributed by atoms with van der Waals surface area (Å²) in [5, 5.41) is 4.55. The normalized spacial score (nSPS) is 18.0. The molecule has 108 valence electrons. The zero-order valence-electron chi connectivity index (χ0n) is 12.0. The van der Waals surface area contributed by atoms with Gasteiger partial charge >= 0.3 is 0 Å². The third-order valence-electron chi connectivity index (χ3n) is 4.10. The van der Waals surface area contributed by atoms with Crippen LogP contribution in [0.3, 0.4) is 0 Å². The number of para-hydroxylation sites is 2. The first-order chi connectivity index (χ1) is 10.3. The van der Waals surface area contributed by atoms with Crippen LogP contribution in [0.1, 0.15) is 40.3 Å². The molecule has 4 rings (SSSR count). The van der Waals surface area contributed by atoms with Crippen LogP contribution in [0.2, 0.25) is 0 Å². The highest BCUT2D eigenvalue weighted by atomic mass is 32.1. The summed E-state index contributed by atoms with van der Waals surface area (Å²) in [6.07, 6.45) is 4.41. The molecule has 0 saturated heterocycles. The summed E-state index contributed by atoms with van der Waals surface area (Å²) in [5.74, 6) is 1.00. The molecule has 0 aliphatic heterocycles. The summed E-state index contributed by atoms with van der Waals surface area (Å²) in [4.78, 5) is 14.4. The molecular formula is C16H18N4S. The molecule has 1 aliphatic carbocycles. The lowest BCUT2D eigenvalue weighted by atomic mass is 9.98. The maximum absolute atomic E-state index is 4.86. The van der Waals surface area contributed by atoms with E-state index in [1.165, 1.54) is 34.8 Å². The first-order valence-electron chi connectivity index (χ1n) is 7.43. The first-order valence-corrected chi connectivity index (χ1v) is 8.24. The number of imidazole rings is 1. The highest BCUT2D eigenvalue weighted by Crippen LogP contribution is 2.33. The van der Waals surface area contributed by atoms with Gasteiger partial charge in [0.15, 0.2) is 0 Å². The summed E-state index contributed by atoms with van der Waals surface area (Å²) < 4.78 is 0. The Morgan fingerprint density at radius 1 is 1.33 bits per heavy atom. The summed E-state index contributed by atoms with van der Waals surface area (Å²) in [7, 11) is 2.03. The predicted octanol–water partition coefficient (Wildman–Crippen LogP) is 3.21. The van der Waals surface area contributed by atoms with Gasteiger partial charge in [-0.2, -0.15) is 0 Å². The fraction of sp³-hybridized carbons (Fsp3) is 0.375. The van der Waals surface area contributed by atoms with Crippen LogP contribution in [0.5, 0.6) is 0 Å². The van der Waals surface area contributed by atoms with Crippen LogP contribution in [0.4, 0.5) is 0 Å². The van der Waals surface area contributed by atoms with Crippen LogP contribution in [0.15, 0.2) is 24.3 Å². The van der Waals surface area contributed by atoms with Crippen molar-refractivity contribution in [3.63, 3.8) is 0 Å². The van der Waals surface area contributed by atoms with Crippen molar-refractivity contribution in [1.29, 1.82) is 0 Å². The topological polar surface area (TPSA) is 53.6 Å². The average molecular weight is 298 g/mol. The molecule has 0 spiro atoms. The Hall–Kier alpha value is -1.72. The molecule has 4 nitrogen and oxygen atoms in total. The van der Waals surface area contributed by atoms with E-state index in [4.69, 9.17) is 4.98 Å². The maximum Gasteiger partial charge on any atom is 0.114 e. The third kappa shape index (κ3) is 2.36. The number of nitrogens with zero attached hydrogens (tertiary/aromatic N) is 2. The van der Waals surface area contributed by atoms with Crippen molar-refractivity contribution in [3.8, 4) is 0 Å². The van der Waals surface area contributed by atoms with Crippen LogP contribution in [-0.4, -0.2) is 22.0 Å². The van der Waals surface area contributed by atoms with Gasteiger partial charge in [-0.15, -0.1) is 11.3 Å². The minimum atomic E-state index is 0.425. The SMILES string of the molecule is CNC1CCCc2sc(Cc3nc4ccccc4[nH]3)nc21. The second-order valence-corrected chi connectivity index (χ2v) is 6.70. The van der Waals surface area contributed by atoms with Gasteiger partial charge in [0.2, 0.25) is 0 Å². The van der Waals surface area contributed by atoms with Crippen molar-refractivity contribution in [2.45, 2.75) is 31.7 Å². The molecule has 2 heterocycles. The monoisotopic (exact) mass is 298 g/mol. The van der Waals surface area contributed by atoms with E-state index in [-0.39, 0.29) is 0 Å². The Bertz CT molecular complexity index is 741. The van der Waals surface area contributed by atoms with E-state index in [9.17, 15) is 0 Å². The molecule has 1 unspecified atom stereocenters. The Kier molecular flexibility index (Phi) is 3.24. The van der Waals surface area contributed by atoms with Crippen molar-refractivity contribution in [2.24, 2.45) is 0 Å². The van der Waals surface area contributed by atoms with Crippen LogP contribution < -0.4 is 5.32 Å². The van der Waals surface area contributed by atoms with Crippen molar-refractivity contribution in [3.05, 3.63) is 45.7 Å². The first kappa shape index (κ1) is 13.0. The van der Waals surface area contributed by atoms with Gasteiger partial charge in [0.1, 0.15) is 10.8 Å². The van der Waals surface area contributed by atoms with E-state index in [1.807, 2.05) is 36.6 Å². The van der Waals surface area contributed by atoms with Gasteiger partial charge in [0.25, 0.3) is 0 Å². The molecule has 0 bridgehead atoms. The van der Waals surface area contributed by atoms with Gasteiger partial charge in [-0.3, -0.25) is 0 Å². The van der Waals surface area contributed by atoms with E-state index in [2.05, 4.69) is 21.4 Å². The highest BCUT2D eigenvalue weighted by molar-refractivity contribution is 7.11. The molecule has 21 heavy (non-hydrogen) atoms. The van der Waals surface area contributed by atoms with Crippen LogP contribution in [0.25, 0.3) is 11.0 Å². The minimum absolute atomic E-state index is 0.425. The standard InChI is InChI=1S/C16H18N4S/c1-17-12-7-4-8-13-16(12)20-15(21-13)9-14-18-10-5-2-3-6-11(10)19-14/h2-3,5-6,12,17H,4,7-9H2,1H3,(H,18,19). The largest absolute Gasteiger partial charge is 0.342 e. The van der Waals surface area contributed by atoms with E-state index in [1.54, 1.807) is 0 Å². The molecule has 0 amide bonds. The van der Waals surface area contributed by atoms with Crippen molar-refractivity contribution >= 4 is 22.4 Å². The number of benzene rings is 1. The Labute approximate surface area is 127 Å². The zero-order chi connectivity index (χ0) is 14.2. The molecule has 0 fully saturated rings. The number of hydrogen-bond donors (Lipinski definition) is 2. The molecule has 3 aromatic rings. The summed E-state index contributed by atoms with van der Waals surface area (Å²) in [5.41, 5.74) is 3.39. The number of fused-ring (bicyclic) bond motifs is 2. The zero-order valence-corrected chi connectivity index (χ0v) is 12.8. The third-order valence-corrected chi connectivity index (χ3v) is 5.24. The Morgan fingerprint density at radius 3 is 3.10 bits per heavy atom. The maximum atomic E-state index is 4.86. The summed E-state index contributed by atoms with van der Waals surface area (Å²) >= 11 is 1.85. The number of rotatable bonds is 3. The number of aromatic nitrogens is 3. The van der Waals surface area contributed by atoms with Crippen molar-refractivity contribution < 1.29 is 0 Å². The minimum Gasteiger partial charge on any atom is -0.342 e. The lowest BCUT2D eigenvalue weighted by Gasteiger charge is -2.19. The molecule has 1 aromatic carbocycles. The van der Waals surface area contributed by atoms with E-state index < -0.39 is 0 Å². The molecule has 0 saturated carbocycles. The molecule has 2 aromatic heterocycles.